The van der Waals surface area contributed by atoms with Crippen molar-refractivity contribution in [3.8, 4) is 0 Å². The SMILES string of the molecule is CC/C=C\C/C=C\C/C=C\C/C=C\C=C/C(O)C/C=C\CCC(=O)OC[C@H](COP(=O)(O)OCC[N+](C)(C)C)OC(=O)CCCCCCCCCCCCCCCCCCCCCCC. The maximum atomic E-state index is 12.8. The average Bonchev–Trinajstić information content (AvgIpc) is 3.26. The molecule has 0 radical (unpaired) electrons. The van der Waals surface area contributed by atoms with Gasteiger partial charge in [-0.2, -0.15) is 0 Å². The van der Waals surface area contributed by atoms with Gasteiger partial charge in [-0.15, -0.1) is 0 Å². The van der Waals surface area contributed by atoms with Crippen LogP contribution in [0.3, 0.4) is 0 Å². The zero-order valence-corrected chi connectivity index (χ0v) is 43.0. The molecule has 0 rings (SSSR count). The number of carbonyl (C=O) groups is 2. The second kappa shape index (κ2) is 45.2. The van der Waals surface area contributed by atoms with Gasteiger partial charge in [0, 0.05) is 12.8 Å². The Morgan fingerprint density at radius 2 is 1.06 bits per heavy atom. The van der Waals surface area contributed by atoms with Gasteiger partial charge in [-0.25, -0.2) is 4.57 Å². The summed E-state index contributed by atoms with van der Waals surface area (Å²) < 4.78 is 34.3. The summed E-state index contributed by atoms with van der Waals surface area (Å²) in [4.78, 5) is 35.5. The molecule has 0 saturated carbocycles. The van der Waals surface area contributed by atoms with Crippen LogP contribution in [0.2, 0.25) is 0 Å². The summed E-state index contributed by atoms with van der Waals surface area (Å²) in [6, 6.07) is 0. The molecule has 0 heterocycles. The number of carbonyl (C=O) groups excluding carboxylic acids is 2. The van der Waals surface area contributed by atoms with E-state index in [1.165, 1.54) is 109 Å². The van der Waals surface area contributed by atoms with Crippen LogP contribution in [0.25, 0.3) is 0 Å². The number of phosphoric ester groups is 1. The van der Waals surface area contributed by atoms with Gasteiger partial charge >= 0.3 is 19.8 Å². The van der Waals surface area contributed by atoms with Gasteiger partial charge in [-0.05, 0) is 44.9 Å². The Kier molecular flexibility index (Phi) is 43.4. The van der Waals surface area contributed by atoms with Crippen LogP contribution < -0.4 is 0 Å². The zero-order valence-electron chi connectivity index (χ0n) is 42.1. The molecule has 2 N–H and O–H groups in total. The van der Waals surface area contributed by atoms with Crippen molar-refractivity contribution in [2.45, 2.75) is 212 Å². The molecule has 0 bridgehead atoms. The van der Waals surface area contributed by atoms with Crippen molar-refractivity contribution in [3.63, 3.8) is 0 Å². The molecule has 11 heteroatoms. The topological polar surface area (TPSA) is 129 Å². The van der Waals surface area contributed by atoms with Gasteiger partial charge in [0.05, 0.1) is 33.9 Å². The van der Waals surface area contributed by atoms with E-state index in [1.54, 1.807) is 6.08 Å². The Morgan fingerprint density at radius 3 is 1.57 bits per heavy atom. The Bertz CT molecular complexity index is 1350. The molecular formula is C54H97NO9P+. The fourth-order valence-corrected chi connectivity index (χ4v) is 7.57. The number of quaternary nitrogens is 1. The number of allylic oxidation sites excluding steroid dienone is 10. The minimum atomic E-state index is -4.42. The Hall–Kier alpha value is -2.59. The Balaban J connectivity index is 4.42. The lowest BCUT2D eigenvalue weighted by molar-refractivity contribution is -0.870. The second-order valence-corrected chi connectivity index (χ2v) is 19.8. The fraction of sp³-hybridized carbons (Fsp3) is 0.741. The second-order valence-electron chi connectivity index (χ2n) is 18.4. The number of nitrogens with zero attached hydrogens (tertiary/aromatic N) is 1. The number of aliphatic hydroxyl groups is 1. The molecule has 0 amide bonds. The first-order valence-electron chi connectivity index (χ1n) is 25.8. The van der Waals surface area contributed by atoms with Crippen molar-refractivity contribution in [3.05, 3.63) is 72.9 Å². The Labute approximate surface area is 398 Å². The number of hydrogen-bond donors (Lipinski definition) is 2. The lowest BCUT2D eigenvalue weighted by Crippen LogP contribution is -2.37. The van der Waals surface area contributed by atoms with E-state index >= 15 is 0 Å². The van der Waals surface area contributed by atoms with Crippen LogP contribution in [0, 0.1) is 0 Å². The molecule has 0 fully saturated rings. The number of hydrogen-bond acceptors (Lipinski definition) is 8. The first-order chi connectivity index (χ1) is 31.4. The van der Waals surface area contributed by atoms with Crippen molar-refractivity contribution in [1.29, 1.82) is 0 Å². The van der Waals surface area contributed by atoms with Crippen molar-refractivity contribution >= 4 is 19.8 Å². The number of esters is 2. The molecule has 0 saturated heterocycles. The van der Waals surface area contributed by atoms with E-state index in [4.69, 9.17) is 18.5 Å². The van der Waals surface area contributed by atoms with Crippen LogP contribution in [0.5, 0.6) is 0 Å². The molecule has 65 heavy (non-hydrogen) atoms. The third-order valence-electron chi connectivity index (χ3n) is 10.8. The third kappa shape index (κ3) is 49.1. The lowest BCUT2D eigenvalue weighted by atomic mass is 10.0. The average molecular weight is 935 g/mol. The van der Waals surface area contributed by atoms with Gasteiger partial charge in [0.15, 0.2) is 6.10 Å². The minimum absolute atomic E-state index is 0.00230. The summed E-state index contributed by atoms with van der Waals surface area (Å²) in [5, 5.41) is 10.2. The van der Waals surface area contributed by atoms with E-state index in [0.717, 1.165) is 44.9 Å². The maximum Gasteiger partial charge on any atom is 0.472 e. The number of rotatable bonds is 46. The number of ether oxygens (including phenoxy) is 2. The summed E-state index contributed by atoms with van der Waals surface area (Å²) in [7, 11) is 1.38. The predicted octanol–water partition coefficient (Wildman–Crippen LogP) is 14.3. The van der Waals surface area contributed by atoms with E-state index < -0.39 is 38.6 Å². The van der Waals surface area contributed by atoms with E-state index in [-0.39, 0.29) is 26.1 Å². The van der Waals surface area contributed by atoms with Crippen LogP contribution in [-0.2, 0) is 32.7 Å². The first kappa shape index (κ1) is 62.4. The van der Waals surface area contributed by atoms with Gasteiger partial charge in [-0.3, -0.25) is 18.6 Å². The van der Waals surface area contributed by atoms with Crippen molar-refractivity contribution < 1.29 is 47.2 Å². The van der Waals surface area contributed by atoms with Gasteiger partial charge in [0.25, 0.3) is 0 Å². The molecule has 3 atom stereocenters. The van der Waals surface area contributed by atoms with Crippen LogP contribution in [0.15, 0.2) is 72.9 Å². The largest absolute Gasteiger partial charge is 0.472 e. The van der Waals surface area contributed by atoms with E-state index in [0.29, 0.717) is 30.3 Å². The van der Waals surface area contributed by atoms with Crippen LogP contribution in [0.4, 0.5) is 0 Å². The summed E-state index contributed by atoms with van der Waals surface area (Å²) in [6.07, 6.45) is 54.2. The summed E-state index contributed by atoms with van der Waals surface area (Å²) in [5.74, 6) is -0.977. The maximum absolute atomic E-state index is 12.8. The monoisotopic (exact) mass is 935 g/mol. The van der Waals surface area contributed by atoms with Gasteiger partial charge in [0.2, 0.25) is 0 Å². The Morgan fingerprint density at radius 1 is 0.569 bits per heavy atom. The summed E-state index contributed by atoms with van der Waals surface area (Å²) in [5.41, 5.74) is 0. The molecule has 10 nitrogen and oxygen atoms in total. The number of likely N-dealkylation sites (N-methyl/N-ethyl adjacent to an activating group) is 1. The van der Waals surface area contributed by atoms with Crippen molar-refractivity contribution in [1.82, 2.24) is 0 Å². The lowest BCUT2D eigenvalue weighted by Gasteiger charge is -2.24. The van der Waals surface area contributed by atoms with Crippen LogP contribution >= 0.6 is 7.82 Å². The molecular weight excluding hydrogens is 838 g/mol. The number of aliphatic hydroxyl groups excluding tert-OH is 1. The standard InChI is InChI=1S/C54H96NO9P/c1-6-8-10-12-14-16-18-20-21-22-23-24-25-26-27-29-31-33-35-37-41-46-54(58)64-52(50-63-65(59,60)62-48-47-55(3,4)5)49-61-53(57)45-42-38-40-44-51(56)43-39-36-34-32-30-28-19-17-15-13-11-9-7-2/h9,11,15,17,28,30,34,36,38-40,43,51-52,56H,6-8,10,12-14,16,18-27,29,31-33,35,37,41-42,44-50H2,1-5H3/p+1/b11-9-,17-15-,30-28-,36-34-,40-38-,43-39-/t51?,52-/m1/s1. The fourth-order valence-electron chi connectivity index (χ4n) is 6.83. The van der Waals surface area contributed by atoms with Crippen molar-refractivity contribution in [2.75, 3.05) is 47.5 Å². The van der Waals surface area contributed by atoms with E-state index in [9.17, 15) is 24.2 Å². The zero-order chi connectivity index (χ0) is 48.0. The van der Waals surface area contributed by atoms with Gasteiger partial charge in [0.1, 0.15) is 19.8 Å². The quantitative estimate of drug-likeness (QED) is 0.0153. The molecule has 0 aromatic heterocycles. The van der Waals surface area contributed by atoms with E-state index in [1.807, 2.05) is 51.5 Å². The summed E-state index contributed by atoms with van der Waals surface area (Å²) >= 11 is 0. The molecule has 2 unspecified atom stereocenters. The first-order valence-corrected chi connectivity index (χ1v) is 27.3. The molecule has 0 aliphatic rings. The van der Waals surface area contributed by atoms with Crippen molar-refractivity contribution in [2.24, 2.45) is 0 Å². The molecule has 0 spiro atoms. The highest BCUT2D eigenvalue weighted by Crippen LogP contribution is 2.43. The predicted molar refractivity (Wildman–Crippen MR) is 272 cm³/mol. The minimum Gasteiger partial charge on any atom is -0.462 e. The third-order valence-corrected chi connectivity index (χ3v) is 11.8. The van der Waals surface area contributed by atoms with Crippen LogP contribution in [-0.4, -0.2) is 86.1 Å². The van der Waals surface area contributed by atoms with E-state index in [2.05, 4.69) is 50.3 Å². The molecule has 0 aromatic carbocycles. The normalized spacial score (nSPS) is 14.5. The van der Waals surface area contributed by atoms with Gasteiger partial charge in [-0.1, -0.05) is 215 Å². The number of phosphoric acid groups is 1. The highest BCUT2D eigenvalue weighted by atomic mass is 31.2. The summed E-state index contributed by atoms with van der Waals surface area (Å²) in [6.45, 7) is 4.13. The molecule has 376 valence electrons. The molecule has 0 aromatic rings. The van der Waals surface area contributed by atoms with Crippen LogP contribution in [0.1, 0.15) is 200 Å². The number of unbranched alkanes of at least 4 members (excludes halogenated alkanes) is 20. The molecule has 0 aliphatic heterocycles. The van der Waals surface area contributed by atoms with Gasteiger partial charge < -0.3 is 24.0 Å². The highest BCUT2D eigenvalue weighted by Gasteiger charge is 2.27. The molecule has 0 aliphatic carbocycles. The smallest absolute Gasteiger partial charge is 0.462 e. The highest BCUT2D eigenvalue weighted by molar-refractivity contribution is 7.47.